The van der Waals surface area contributed by atoms with Crippen molar-refractivity contribution in [3.63, 3.8) is 0 Å². The van der Waals surface area contributed by atoms with Gasteiger partial charge in [0.05, 0.1) is 0 Å². The number of fused-ring (bicyclic) bond motifs is 16. The zero-order valence-electron chi connectivity index (χ0n) is 67.8. The molecule has 19 aromatic rings. The maximum atomic E-state index is 2.61. The average molecular weight is 1590 g/mol. The van der Waals surface area contributed by atoms with Gasteiger partial charge in [-0.1, -0.05) is 445 Å². The third-order valence-electron chi connectivity index (χ3n) is 27.9. The van der Waals surface area contributed by atoms with Gasteiger partial charge in [-0.3, -0.25) is 0 Å². The molecule has 0 bridgehead atoms. The lowest BCUT2D eigenvalue weighted by Gasteiger charge is -2.32. The molecule has 0 N–H and O–H groups in total. The molecule has 0 saturated carbocycles. The Morgan fingerprint density at radius 2 is 0.492 bits per heavy atom. The second-order valence-electron chi connectivity index (χ2n) is 34.5. The zero-order chi connectivity index (χ0) is 80.0. The van der Waals surface area contributed by atoms with E-state index in [1.54, 1.807) is 20.7 Å². The quantitative estimate of drug-likeness (QED) is 0.0946. The predicted octanol–water partition coefficient (Wildman–Crippen LogP) is 22.0. The first-order valence-corrected chi connectivity index (χ1v) is 52.7. The van der Waals surface area contributed by atoms with Gasteiger partial charge in [0.2, 0.25) is 0 Å². The van der Waals surface area contributed by atoms with Crippen LogP contribution in [0.4, 0.5) is 0 Å². The highest BCUT2D eigenvalue weighted by Crippen LogP contribution is 2.52. The first-order valence-electron chi connectivity index (χ1n) is 42.7. The molecule has 0 radical (unpaired) electrons. The molecule has 4 heterocycles. The highest BCUT2D eigenvalue weighted by molar-refractivity contribution is 7.23. The standard InChI is InChI=1S/C68H48Si2.C48H38Si2/c1-6-24-47(25-7-1)66-56-38-20-36-52(54-40-22-44-64-67(54)58-34-16-18-42-62(58)69(64,48-26-8-2-9-27-48)49-28-10-3-11-29-49)60(56)46-61-53(37-21-39-57(61)66)55-41-23-45-65-68(55)59-35-17-19-43-63(59)70(65,50-30-12-4-13-31-50)51-32-14-5-15-33-51;1-49(2)42-26-10-8-18-38(42)47-34(24-14-28-44(47)49)32-20-12-22-36-40(32)30-41-33(21-13-23-37(41)46(36)31-16-6-5-7-17-31)35-25-15-29-45-48(35)39-19-9-11-27-43(39)50(45,3)4/h1-36,38-46,53H,37H2;5-30H,1-4H3. The number of hydrogen-bond acceptors (Lipinski definition) is 0. The van der Waals surface area contributed by atoms with Gasteiger partial charge < -0.3 is 0 Å². The summed E-state index contributed by atoms with van der Waals surface area (Å²) in [4.78, 5) is 0. The second kappa shape index (κ2) is 28.1. The topological polar surface area (TPSA) is 0 Å². The van der Waals surface area contributed by atoms with Gasteiger partial charge >= 0.3 is 0 Å². The van der Waals surface area contributed by atoms with Gasteiger partial charge in [0.1, 0.15) is 16.1 Å². The molecule has 4 heteroatoms. The minimum absolute atomic E-state index is 0.137. The van der Waals surface area contributed by atoms with Crippen LogP contribution >= 0.6 is 0 Å². The summed E-state index contributed by atoms with van der Waals surface area (Å²) in [5, 5.41) is 25.6. The smallest absolute Gasteiger partial charge is 0.0830 e. The van der Waals surface area contributed by atoms with Gasteiger partial charge in [-0.15, -0.1) is 0 Å². The van der Waals surface area contributed by atoms with Crippen LogP contribution in [-0.4, -0.2) is 32.3 Å². The van der Waals surface area contributed by atoms with Crippen molar-refractivity contribution < 1.29 is 0 Å². The lowest BCUT2D eigenvalue weighted by atomic mass is 9.75. The van der Waals surface area contributed by atoms with Crippen molar-refractivity contribution in [3.05, 3.63) is 441 Å². The van der Waals surface area contributed by atoms with Crippen molar-refractivity contribution in [2.45, 2.75) is 38.5 Å². The van der Waals surface area contributed by atoms with Gasteiger partial charge in [-0.2, -0.15) is 0 Å². The van der Waals surface area contributed by atoms with Crippen LogP contribution in [0.15, 0.2) is 425 Å². The number of allylic oxidation sites excluding steroid dienone is 1. The normalized spacial score (nSPS) is 15.1. The number of rotatable bonds is 10. The summed E-state index contributed by atoms with van der Waals surface area (Å²) in [5.74, 6) is 0.137. The first-order chi connectivity index (χ1) is 59.1. The van der Waals surface area contributed by atoms with Crippen LogP contribution in [0.5, 0.6) is 0 Å². The first kappa shape index (κ1) is 71.8. The largest absolute Gasteiger partial charge is 0.180 e. The third-order valence-corrected chi connectivity index (χ3v) is 44.7. The molecule has 1 atom stereocenters. The van der Waals surface area contributed by atoms with E-state index in [0.29, 0.717) is 0 Å². The molecular formula is C116H86Si4. The molecule has 5 aliphatic rings. The summed E-state index contributed by atoms with van der Waals surface area (Å²) in [7, 11) is -9.04. The van der Waals surface area contributed by atoms with E-state index in [1.807, 2.05) is 0 Å². The lowest BCUT2D eigenvalue weighted by Crippen LogP contribution is -2.72. The number of hydrogen-bond donors (Lipinski definition) is 0. The van der Waals surface area contributed by atoms with E-state index in [2.05, 4.69) is 457 Å². The second-order valence-corrected chi connectivity index (χ2v) is 50.6. The van der Waals surface area contributed by atoms with Crippen molar-refractivity contribution in [1.29, 1.82) is 0 Å². The van der Waals surface area contributed by atoms with Gasteiger partial charge in [0.25, 0.3) is 0 Å². The molecule has 0 spiro atoms. The molecule has 24 rings (SSSR count). The Bertz CT molecular complexity index is 7170. The van der Waals surface area contributed by atoms with Gasteiger partial charge in [0, 0.05) is 5.92 Å². The van der Waals surface area contributed by atoms with Crippen molar-refractivity contribution >= 4 is 133 Å². The molecule has 0 fully saturated rings. The molecule has 0 amide bonds. The van der Waals surface area contributed by atoms with Crippen molar-refractivity contribution in [2.75, 3.05) is 0 Å². The fourth-order valence-corrected chi connectivity index (χ4v) is 39.5. The minimum atomic E-state index is -2.71. The van der Waals surface area contributed by atoms with Gasteiger partial charge in [-0.25, -0.2) is 0 Å². The van der Waals surface area contributed by atoms with Crippen LogP contribution in [0.25, 0.3) is 139 Å². The molecule has 19 aromatic carbocycles. The summed E-state index contributed by atoms with van der Waals surface area (Å²) in [6.45, 7) is 10.0. The summed E-state index contributed by atoms with van der Waals surface area (Å²) in [6, 6.07) is 160. The van der Waals surface area contributed by atoms with E-state index >= 15 is 0 Å². The minimum Gasteiger partial charge on any atom is -0.0830 e. The SMILES string of the molecule is C1=Cc2c(cc3c(-c4cccc5c4-c4ccccc4[Si]5(c4ccccc4)c4ccccc4)cccc3c2-c2ccccc2)C(c2cccc3c2-c2ccccc2[Si]3(c2ccccc2)c2ccccc2)C1.C[Si]1(C)c2ccccc2-c2c(-c3cccc4c(-c5ccccc5)c5cccc(-c6cccc7c6-c6ccccc6[Si]7(C)C)c5cc34)cccc21. The maximum absolute atomic E-state index is 2.71. The van der Waals surface area contributed by atoms with Gasteiger partial charge in [-0.05, 0) is 230 Å². The van der Waals surface area contributed by atoms with Crippen LogP contribution in [0.3, 0.4) is 0 Å². The molecule has 0 aromatic heterocycles. The lowest BCUT2D eigenvalue weighted by molar-refractivity contribution is 0.824. The van der Waals surface area contributed by atoms with Crippen LogP contribution in [-0.2, 0) is 0 Å². The number of benzene rings is 19. The Morgan fingerprint density at radius 3 is 0.925 bits per heavy atom. The third kappa shape index (κ3) is 10.5. The Kier molecular flexibility index (Phi) is 16.8. The van der Waals surface area contributed by atoms with Crippen LogP contribution < -0.4 is 62.2 Å². The molecule has 4 aliphatic heterocycles. The van der Waals surface area contributed by atoms with Crippen molar-refractivity contribution in [3.8, 4) is 100 Å². The van der Waals surface area contributed by atoms with Crippen LogP contribution in [0.2, 0.25) is 26.2 Å². The molecule has 0 nitrogen and oxygen atoms in total. The maximum Gasteiger partial charge on any atom is 0.180 e. The Morgan fingerprint density at radius 1 is 0.200 bits per heavy atom. The van der Waals surface area contributed by atoms with Crippen LogP contribution in [0, 0.1) is 0 Å². The van der Waals surface area contributed by atoms with E-state index in [0.717, 1.165) is 6.42 Å². The van der Waals surface area contributed by atoms with E-state index in [9.17, 15) is 0 Å². The average Bonchev–Trinajstić information content (AvgIpc) is 1.54. The summed E-state index contributed by atoms with van der Waals surface area (Å²) < 4.78 is 0. The van der Waals surface area contributed by atoms with Crippen molar-refractivity contribution in [2.24, 2.45) is 0 Å². The molecule has 1 unspecified atom stereocenters. The Labute approximate surface area is 707 Å². The van der Waals surface area contributed by atoms with E-state index < -0.39 is 32.3 Å². The van der Waals surface area contributed by atoms with Crippen LogP contribution in [0.1, 0.15) is 29.0 Å². The van der Waals surface area contributed by atoms with Gasteiger partial charge in [0.15, 0.2) is 16.1 Å². The highest BCUT2D eigenvalue weighted by atomic mass is 28.3. The monoisotopic (exact) mass is 1590 g/mol. The molecule has 566 valence electrons. The fraction of sp³-hybridized carbons (Fsp3) is 0.0517. The van der Waals surface area contributed by atoms with E-state index in [4.69, 9.17) is 0 Å². The molecular weight excluding hydrogens is 1510 g/mol. The predicted molar refractivity (Wildman–Crippen MR) is 524 cm³/mol. The molecule has 1 aliphatic carbocycles. The summed E-state index contributed by atoms with van der Waals surface area (Å²) in [5.41, 5.74) is 28.4. The Hall–Kier alpha value is -13.4. The van der Waals surface area contributed by atoms with E-state index in [-0.39, 0.29) is 5.92 Å². The van der Waals surface area contributed by atoms with E-state index in [1.165, 1.54) is 191 Å². The molecule has 120 heavy (non-hydrogen) atoms. The summed E-state index contributed by atoms with van der Waals surface area (Å²) in [6.07, 6.45) is 5.81. The highest BCUT2D eigenvalue weighted by Gasteiger charge is 2.52. The fourth-order valence-electron chi connectivity index (χ4n) is 22.9. The Balaban J connectivity index is 0.000000148. The summed E-state index contributed by atoms with van der Waals surface area (Å²) >= 11 is 0. The van der Waals surface area contributed by atoms with Crippen molar-refractivity contribution in [1.82, 2.24) is 0 Å². The molecule has 0 saturated heterocycles. The zero-order valence-corrected chi connectivity index (χ0v) is 71.8.